The van der Waals surface area contributed by atoms with Crippen LogP contribution in [0.3, 0.4) is 0 Å². The first-order chi connectivity index (χ1) is 11.9. The van der Waals surface area contributed by atoms with Crippen molar-refractivity contribution >= 4 is 17.5 Å². The van der Waals surface area contributed by atoms with Gasteiger partial charge >= 0.3 is 0 Å². The maximum absolute atomic E-state index is 12.5. The lowest BCUT2D eigenvalue weighted by molar-refractivity contribution is -0.398. The van der Waals surface area contributed by atoms with Crippen molar-refractivity contribution in [2.45, 2.75) is 6.92 Å². The summed E-state index contributed by atoms with van der Waals surface area (Å²) in [6, 6.07) is 10.8. The normalized spacial score (nSPS) is 10.8. The molecule has 2 aromatic carbocycles. The molecule has 0 heterocycles. The lowest BCUT2D eigenvalue weighted by atomic mass is 9.98. The number of nitro groups is 1. The van der Waals surface area contributed by atoms with Crippen molar-refractivity contribution in [1.29, 1.82) is 5.26 Å². The zero-order valence-corrected chi connectivity index (χ0v) is 13.5. The van der Waals surface area contributed by atoms with Gasteiger partial charge in [-0.1, -0.05) is 24.3 Å². The molecule has 0 saturated heterocycles. The van der Waals surface area contributed by atoms with E-state index in [4.69, 9.17) is 4.74 Å². The summed E-state index contributed by atoms with van der Waals surface area (Å²) in [5, 5.41) is 32.1. The van der Waals surface area contributed by atoms with E-state index in [9.17, 15) is 25.3 Å². The number of nitrogens with zero attached hydrogens (tertiary/aromatic N) is 2. The number of nitriles is 1. The van der Waals surface area contributed by atoms with Gasteiger partial charge in [0.05, 0.1) is 12.0 Å². The van der Waals surface area contributed by atoms with Crippen molar-refractivity contribution in [3.05, 3.63) is 68.8 Å². The number of ether oxygens (including phenoxy) is 1. The second-order valence-electron chi connectivity index (χ2n) is 5.14. The third-order valence-corrected chi connectivity index (χ3v) is 3.54. The van der Waals surface area contributed by atoms with Crippen LogP contribution in [0.5, 0.6) is 11.5 Å². The zero-order chi connectivity index (χ0) is 18.6. The van der Waals surface area contributed by atoms with E-state index in [1.165, 1.54) is 19.3 Å². The number of carbonyl (C=O) groups is 1. The first-order valence-electron chi connectivity index (χ1n) is 7.14. The van der Waals surface area contributed by atoms with Crippen molar-refractivity contribution in [2.75, 3.05) is 7.11 Å². The molecule has 2 rings (SSSR count). The van der Waals surface area contributed by atoms with E-state index < -0.39 is 22.1 Å². The average Bonchev–Trinajstić information content (AvgIpc) is 2.60. The van der Waals surface area contributed by atoms with Gasteiger partial charge in [0.1, 0.15) is 17.4 Å². The molecule has 0 fully saturated rings. The van der Waals surface area contributed by atoms with Crippen LogP contribution in [0.2, 0.25) is 0 Å². The Kier molecular flexibility index (Phi) is 5.15. The Bertz CT molecular complexity index is 926. The van der Waals surface area contributed by atoms with Crippen molar-refractivity contribution < 1.29 is 19.6 Å². The van der Waals surface area contributed by atoms with Gasteiger partial charge in [-0.3, -0.25) is 14.9 Å². The molecule has 0 aliphatic carbocycles. The van der Waals surface area contributed by atoms with E-state index in [-0.39, 0.29) is 16.9 Å². The fourth-order valence-corrected chi connectivity index (χ4v) is 2.27. The fourth-order valence-electron chi connectivity index (χ4n) is 2.27. The largest absolute Gasteiger partial charge is 0.865 e. The fraction of sp³-hybridized carbons (Fsp3) is 0.111. The monoisotopic (exact) mass is 337 g/mol. The van der Waals surface area contributed by atoms with Gasteiger partial charge in [-0.25, -0.2) is 0 Å². The summed E-state index contributed by atoms with van der Waals surface area (Å²) < 4.78 is 4.84. The summed E-state index contributed by atoms with van der Waals surface area (Å²) in [5.74, 6) is -1.61. The summed E-state index contributed by atoms with van der Waals surface area (Å²) in [5.41, 5.74) is 0.321. The standard InChI is InChI=1S/C18H14N2O5/c1-11-5-3-4-6-14(11)17(21)13(10-19)7-12-8-15(20(23)24)18(22)16(9-12)25-2/h3-9,22H,1-2H3/p-1/b13-7+. The van der Waals surface area contributed by atoms with Gasteiger partial charge < -0.3 is 9.84 Å². The quantitative estimate of drug-likeness (QED) is 0.272. The topological polar surface area (TPSA) is 116 Å². The smallest absolute Gasteiger partial charge is 0.266 e. The number of ketones is 1. The number of allylic oxidation sites excluding steroid dienone is 1. The predicted octanol–water partition coefficient (Wildman–Crippen LogP) is 2.78. The van der Waals surface area contributed by atoms with Crippen LogP contribution in [0.25, 0.3) is 6.08 Å². The Hall–Kier alpha value is -3.66. The molecule has 0 atom stereocenters. The van der Waals surface area contributed by atoms with Crippen LogP contribution in [0, 0.1) is 28.4 Å². The lowest BCUT2D eigenvalue weighted by Crippen LogP contribution is -2.05. The number of rotatable bonds is 5. The van der Waals surface area contributed by atoms with Crippen LogP contribution in [0.15, 0.2) is 42.0 Å². The summed E-state index contributed by atoms with van der Waals surface area (Å²) in [7, 11) is 1.21. The number of carbonyl (C=O) groups excluding carboxylic acids is 1. The molecule has 7 nitrogen and oxygen atoms in total. The molecule has 0 aromatic heterocycles. The number of aryl methyl sites for hydroxylation is 1. The van der Waals surface area contributed by atoms with Crippen LogP contribution >= 0.6 is 0 Å². The summed E-state index contributed by atoms with van der Waals surface area (Å²) in [6.07, 6.45) is 1.20. The minimum atomic E-state index is -0.867. The molecule has 0 bridgehead atoms. The highest BCUT2D eigenvalue weighted by molar-refractivity contribution is 6.14. The van der Waals surface area contributed by atoms with Crippen LogP contribution < -0.4 is 9.84 Å². The van der Waals surface area contributed by atoms with Gasteiger partial charge in [0.15, 0.2) is 0 Å². The van der Waals surface area contributed by atoms with Crippen LogP contribution in [-0.2, 0) is 0 Å². The van der Waals surface area contributed by atoms with Gasteiger partial charge in [0, 0.05) is 17.4 Å². The van der Waals surface area contributed by atoms with Crippen molar-refractivity contribution in [2.24, 2.45) is 0 Å². The molecule has 126 valence electrons. The molecular weight excluding hydrogens is 324 g/mol. The van der Waals surface area contributed by atoms with Gasteiger partial charge in [0.25, 0.3) is 5.69 Å². The highest BCUT2D eigenvalue weighted by Crippen LogP contribution is 2.35. The van der Waals surface area contributed by atoms with E-state index in [1.54, 1.807) is 37.3 Å². The number of Topliss-reactive ketones (excluding diaryl/α,β-unsaturated/α-hetero) is 1. The number of benzene rings is 2. The van der Waals surface area contributed by atoms with Crippen molar-refractivity contribution in [3.63, 3.8) is 0 Å². The van der Waals surface area contributed by atoms with E-state index in [0.717, 1.165) is 6.07 Å². The molecule has 0 aliphatic heterocycles. The average molecular weight is 337 g/mol. The first-order valence-corrected chi connectivity index (χ1v) is 7.14. The molecule has 25 heavy (non-hydrogen) atoms. The van der Waals surface area contributed by atoms with Crippen LogP contribution in [-0.4, -0.2) is 17.8 Å². The molecule has 2 aromatic rings. The van der Waals surface area contributed by atoms with E-state index >= 15 is 0 Å². The van der Waals surface area contributed by atoms with Crippen molar-refractivity contribution in [3.8, 4) is 17.6 Å². The molecule has 0 saturated carbocycles. The first kappa shape index (κ1) is 17.7. The highest BCUT2D eigenvalue weighted by atomic mass is 16.6. The zero-order valence-electron chi connectivity index (χ0n) is 13.5. The van der Waals surface area contributed by atoms with Crippen LogP contribution in [0.4, 0.5) is 5.69 Å². The Morgan fingerprint density at radius 2 is 2.00 bits per heavy atom. The molecule has 0 unspecified atom stereocenters. The second-order valence-corrected chi connectivity index (χ2v) is 5.14. The number of methoxy groups -OCH3 is 1. The molecule has 0 aliphatic rings. The molecule has 0 N–H and O–H groups in total. The third-order valence-electron chi connectivity index (χ3n) is 3.54. The third kappa shape index (κ3) is 3.64. The Morgan fingerprint density at radius 3 is 2.56 bits per heavy atom. The highest BCUT2D eigenvalue weighted by Gasteiger charge is 2.17. The minimum Gasteiger partial charge on any atom is -0.865 e. The number of hydrogen-bond acceptors (Lipinski definition) is 6. The van der Waals surface area contributed by atoms with E-state index in [2.05, 4.69) is 0 Å². The second kappa shape index (κ2) is 7.27. The minimum absolute atomic E-state index is 0.154. The summed E-state index contributed by atoms with van der Waals surface area (Å²) in [4.78, 5) is 22.7. The van der Waals surface area contributed by atoms with Gasteiger partial charge in [-0.15, -0.1) is 0 Å². The van der Waals surface area contributed by atoms with Gasteiger partial charge in [-0.05, 0) is 30.2 Å². The van der Waals surface area contributed by atoms with Crippen LogP contribution in [0.1, 0.15) is 21.5 Å². The SMILES string of the molecule is COc1cc(/C=C(\C#N)C(=O)c2ccccc2C)cc([N+](=O)[O-])c1[O-]. The molecule has 0 radical (unpaired) electrons. The number of nitro benzene ring substituents is 1. The predicted molar refractivity (Wildman–Crippen MR) is 88.2 cm³/mol. The van der Waals surface area contributed by atoms with E-state index in [0.29, 0.717) is 11.1 Å². The Morgan fingerprint density at radius 1 is 1.32 bits per heavy atom. The van der Waals surface area contributed by atoms with Crippen molar-refractivity contribution in [1.82, 2.24) is 0 Å². The lowest BCUT2D eigenvalue weighted by Gasteiger charge is -2.13. The van der Waals surface area contributed by atoms with Gasteiger partial charge in [-0.2, -0.15) is 5.26 Å². The Labute approximate surface area is 143 Å². The summed E-state index contributed by atoms with van der Waals surface area (Å²) in [6.45, 7) is 1.74. The Balaban J connectivity index is 2.55. The maximum Gasteiger partial charge on any atom is 0.266 e. The molecule has 0 spiro atoms. The molecule has 7 heteroatoms. The molecule has 0 amide bonds. The van der Waals surface area contributed by atoms with E-state index in [1.807, 2.05) is 0 Å². The summed E-state index contributed by atoms with van der Waals surface area (Å²) >= 11 is 0. The van der Waals surface area contributed by atoms with Gasteiger partial charge in [0.2, 0.25) is 5.78 Å². The maximum atomic E-state index is 12.5. The molecular formula is C18H13N2O5-. The number of hydrogen-bond donors (Lipinski definition) is 0.